The standard InChI is InChI=1S/C20H25N3O2/c1-4-6-15-8-10-16(11-9-15)19(14(2)3)21-13-18-22-23-20(25-18)17-7-5-12-24-17/h5,7-12,14,19,21H,4,6,13H2,1-3H3. The molecule has 0 amide bonds. The molecule has 1 atom stereocenters. The smallest absolute Gasteiger partial charge is 0.283 e. The maximum absolute atomic E-state index is 5.67. The molecule has 0 aliphatic rings. The minimum absolute atomic E-state index is 0.231. The fourth-order valence-electron chi connectivity index (χ4n) is 2.94. The maximum atomic E-state index is 5.67. The fourth-order valence-corrected chi connectivity index (χ4v) is 2.94. The molecule has 3 aromatic rings. The van der Waals surface area contributed by atoms with Gasteiger partial charge in [0.15, 0.2) is 5.76 Å². The van der Waals surface area contributed by atoms with Crippen LogP contribution in [0.2, 0.25) is 0 Å². The Morgan fingerprint density at radius 1 is 1.08 bits per heavy atom. The van der Waals surface area contributed by atoms with Gasteiger partial charge in [-0.15, -0.1) is 10.2 Å². The Labute approximate surface area is 148 Å². The van der Waals surface area contributed by atoms with E-state index in [1.807, 2.05) is 0 Å². The van der Waals surface area contributed by atoms with E-state index < -0.39 is 0 Å². The average molecular weight is 339 g/mol. The van der Waals surface area contributed by atoms with Crippen LogP contribution in [0.4, 0.5) is 0 Å². The van der Waals surface area contributed by atoms with Gasteiger partial charge in [-0.1, -0.05) is 51.5 Å². The number of rotatable bonds is 8. The van der Waals surface area contributed by atoms with Crippen LogP contribution in [-0.2, 0) is 13.0 Å². The van der Waals surface area contributed by atoms with Crippen LogP contribution in [0.15, 0.2) is 51.5 Å². The summed E-state index contributed by atoms with van der Waals surface area (Å²) in [6, 6.07) is 12.7. The van der Waals surface area contributed by atoms with E-state index in [9.17, 15) is 0 Å². The Morgan fingerprint density at radius 2 is 1.88 bits per heavy atom. The van der Waals surface area contributed by atoms with Crippen molar-refractivity contribution in [1.82, 2.24) is 15.5 Å². The van der Waals surface area contributed by atoms with Crippen molar-refractivity contribution in [3.63, 3.8) is 0 Å². The van der Waals surface area contributed by atoms with E-state index in [4.69, 9.17) is 8.83 Å². The Hall–Kier alpha value is -2.40. The van der Waals surface area contributed by atoms with Crippen LogP contribution < -0.4 is 5.32 Å². The molecule has 2 heterocycles. The zero-order valence-corrected chi connectivity index (χ0v) is 15.0. The predicted octanol–water partition coefficient (Wildman–Crippen LogP) is 4.77. The van der Waals surface area contributed by atoms with E-state index in [1.165, 1.54) is 17.5 Å². The molecule has 132 valence electrons. The molecule has 0 bridgehead atoms. The first-order chi connectivity index (χ1) is 12.2. The average Bonchev–Trinajstić information content (AvgIpc) is 3.27. The predicted molar refractivity (Wildman–Crippen MR) is 96.9 cm³/mol. The van der Waals surface area contributed by atoms with Gasteiger partial charge in [0, 0.05) is 6.04 Å². The van der Waals surface area contributed by atoms with Crippen LogP contribution in [0.3, 0.4) is 0 Å². The second kappa shape index (κ2) is 8.12. The summed E-state index contributed by atoms with van der Waals surface area (Å²) in [7, 11) is 0. The van der Waals surface area contributed by atoms with E-state index in [1.54, 1.807) is 18.4 Å². The second-order valence-electron chi connectivity index (χ2n) is 6.57. The highest BCUT2D eigenvalue weighted by Gasteiger charge is 2.17. The van der Waals surface area contributed by atoms with Crippen LogP contribution >= 0.6 is 0 Å². The first-order valence-electron chi connectivity index (χ1n) is 8.86. The quantitative estimate of drug-likeness (QED) is 0.640. The van der Waals surface area contributed by atoms with Crippen molar-refractivity contribution in [2.75, 3.05) is 0 Å². The molecule has 1 N–H and O–H groups in total. The largest absolute Gasteiger partial charge is 0.459 e. The number of aryl methyl sites for hydroxylation is 1. The molecule has 0 aliphatic heterocycles. The molecule has 0 aliphatic carbocycles. The van der Waals surface area contributed by atoms with Gasteiger partial charge < -0.3 is 14.2 Å². The van der Waals surface area contributed by atoms with Crippen molar-refractivity contribution in [2.24, 2.45) is 5.92 Å². The summed E-state index contributed by atoms with van der Waals surface area (Å²) in [6.07, 6.45) is 3.88. The van der Waals surface area contributed by atoms with E-state index in [0.29, 0.717) is 30.0 Å². The van der Waals surface area contributed by atoms with Crippen LogP contribution in [0.5, 0.6) is 0 Å². The van der Waals surface area contributed by atoms with Crippen molar-refractivity contribution in [3.05, 3.63) is 59.7 Å². The minimum atomic E-state index is 0.231. The number of benzene rings is 1. The van der Waals surface area contributed by atoms with Crippen LogP contribution in [0.1, 0.15) is 50.3 Å². The van der Waals surface area contributed by atoms with Crippen molar-refractivity contribution < 1.29 is 8.83 Å². The molecule has 2 aromatic heterocycles. The molecule has 0 spiro atoms. The lowest BCUT2D eigenvalue weighted by Gasteiger charge is -2.22. The number of aromatic nitrogens is 2. The SMILES string of the molecule is CCCc1ccc(C(NCc2nnc(-c3ccco3)o2)C(C)C)cc1. The summed E-state index contributed by atoms with van der Waals surface area (Å²) < 4.78 is 10.9. The zero-order chi connectivity index (χ0) is 17.6. The van der Waals surface area contributed by atoms with Gasteiger partial charge in [-0.25, -0.2) is 0 Å². The zero-order valence-electron chi connectivity index (χ0n) is 15.0. The molecule has 1 unspecified atom stereocenters. The van der Waals surface area contributed by atoms with Crippen molar-refractivity contribution in [3.8, 4) is 11.7 Å². The third-order valence-corrected chi connectivity index (χ3v) is 4.22. The van der Waals surface area contributed by atoms with Crippen LogP contribution in [0.25, 0.3) is 11.7 Å². The van der Waals surface area contributed by atoms with Gasteiger partial charge in [0.25, 0.3) is 5.89 Å². The van der Waals surface area contributed by atoms with Crippen molar-refractivity contribution in [1.29, 1.82) is 0 Å². The third kappa shape index (κ3) is 4.37. The van der Waals surface area contributed by atoms with Gasteiger partial charge >= 0.3 is 0 Å². The molecule has 3 rings (SSSR count). The van der Waals surface area contributed by atoms with Gasteiger partial charge in [-0.3, -0.25) is 0 Å². The second-order valence-corrected chi connectivity index (χ2v) is 6.57. The summed E-state index contributed by atoms with van der Waals surface area (Å²) in [5.41, 5.74) is 2.66. The topological polar surface area (TPSA) is 64.1 Å². The number of nitrogens with zero attached hydrogens (tertiary/aromatic N) is 2. The monoisotopic (exact) mass is 339 g/mol. The summed E-state index contributed by atoms with van der Waals surface area (Å²) >= 11 is 0. The molecule has 0 radical (unpaired) electrons. The van der Waals surface area contributed by atoms with E-state index in [2.05, 4.69) is 60.6 Å². The van der Waals surface area contributed by atoms with Gasteiger partial charge in [-0.2, -0.15) is 0 Å². The lowest BCUT2D eigenvalue weighted by Crippen LogP contribution is -2.25. The van der Waals surface area contributed by atoms with Crippen molar-refractivity contribution in [2.45, 2.75) is 46.2 Å². The summed E-state index contributed by atoms with van der Waals surface area (Å²) in [5.74, 6) is 2.00. The molecule has 1 aromatic carbocycles. The van der Waals surface area contributed by atoms with E-state index in [0.717, 1.165) is 6.42 Å². The highest BCUT2D eigenvalue weighted by atomic mass is 16.4. The summed E-state index contributed by atoms with van der Waals surface area (Å²) in [6.45, 7) is 7.14. The van der Waals surface area contributed by atoms with Crippen molar-refractivity contribution >= 4 is 0 Å². The Bertz CT molecular complexity index is 761. The molecular formula is C20H25N3O2. The van der Waals surface area contributed by atoms with Gasteiger partial charge in [0.1, 0.15) is 0 Å². The normalized spacial score (nSPS) is 12.6. The van der Waals surface area contributed by atoms with Crippen LogP contribution in [0, 0.1) is 5.92 Å². The molecule has 5 nitrogen and oxygen atoms in total. The third-order valence-electron chi connectivity index (χ3n) is 4.22. The Balaban J connectivity index is 1.66. The lowest BCUT2D eigenvalue weighted by molar-refractivity contribution is 0.378. The Morgan fingerprint density at radius 3 is 2.52 bits per heavy atom. The molecule has 0 saturated heterocycles. The molecular weight excluding hydrogens is 314 g/mol. The fraction of sp³-hybridized carbons (Fsp3) is 0.400. The molecule has 0 saturated carbocycles. The van der Waals surface area contributed by atoms with Gasteiger partial charge in [0.05, 0.1) is 12.8 Å². The number of furan rings is 1. The van der Waals surface area contributed by atoms with E-state index in [-0.39, 0.29) is 6.04 Å². The van der Waals surface area contributed by atoms with Gasteiger partial charge in [0.2, 0.25) is 5.89 Å². The molecule has 0 fully saturated rings. The summed E-state index contributed by atoms with van der Waals surface area (Å²) in [5, 5.41) is 11.7. The minimum Gasteiger partial charge on any atom is -0.459 e. The van der Waals surface area contributed by atoms with Gasteiger partial charge in [-0.05, 0) is 35.6 Å². The van der Waals surface area contributed by atoms with E-state index >= 15 is 0 Å². The number of nitrogens with one attached hydrogen (secondary N) is 1. The highest BCUT2D eigenvalue weighted by molar-refractivity contribution is 5.42. The first kappa shape index (κ1) is 17.4. The maximum Gasteiger partial charge on any atom is 0.283 e. The Kier molecular flexibility index (Phi) is 5.66. The lowest BCUT2D eigenvalue weighted by atomic mass is 9.94. The molecule has 25 heavy (non-hydrogen) atoms. The summed E-state index contributed by atoms with van der Waals surface area (Å²) in [4.78, 5) is 0. The first-order valence-corrected chi connectivity index (χ1v) is 8.86. The highest BCUT2D eigenvalue weighted by Crippen LogP contribution is 2.23. The molecule has 5 heteroatoms. The number of hydrogen-bond donors (Lipinski definition) is 1. The van der Waals surface area contributed by atoms with Crippen LogP contribution in [-0.4, -0.2) is 10.2 Å². The number of hydrogen-bond acceptors (Lipinski definition) is 5.